The molecule has 13 heavy (non-hydrogen) atoms. The third-order valence-electron chi connectivity index (χ3n) is 1.43. The quantitative estimate of drug-likeness (QED) is 0.449. The van der Waals surface area contributed by atoms with E-state index in [2.05, 4.69) is 20.8 Å². The normalized spacial score (nSPS) is 10.2. The number of rotatable bonds is 3. The second kappa shape index (κ2) is 4.01. The van der Waals surface area contributed by atoms with Gasteiger partial charge >= 0.3 is 0 Å². The number of aromatic nitrogens is 2. The van der Waals surface area contributed by atoms with Crippen LogP contribution in [0.4, 0.5) is 11.8 Å². The van der Waals surface area contributed by atoms with Crippen molar-refractivity contribution in [1.29, 1.82) is 0 Å². The van der Waals surface area contributed by atoms with Crippen LogP contribution in [0.2, 0.25) is 0 Å². The van der Waals surface area contributed by atoms with Crippen LogP contribution in [0.1, 0.15) is 5.56 Å². The summed E-state index contributed by atoms with van der Waals surface area (Å²) in [6, 6.07) is 0. The highest BCUT2D eigenvalue weighted by atomic mass is 15.5. The van der Waals surface area contributed by atoms with Crippen molar-refractivity contribution in [3.8, 4) is 0 Å². The molecule has 0 unspecified atom stereocenters. The molecule has 0 spiro atoms. The topological polar surface area (TPSA) is 79.1 Å². The number of nitrogens with one attached hydrogen (secondary N) is 2. The molecule has 0 fully saturated rings. The lowest BCUT2D eigenvalue weighted by molar-refractivity contribution is 0.491. The molecule has 0 bridgehead atoms. The van der Waals surface area contributed by atoms with Gasteiger partial charge in [0.05, 0.1) is 0 Å². The molecule has 0 aliphatic heterocycles. The lowest BCUT2D eigenvalue weighted by Gasteiger charge is -2.14. The molecule has 6 heteroatoms. The van der Waals surface area contributed by atoms with E-state index in [0.717, 1.165) is 11.4 Å². The average molecular weight is 182 g/mol. The highest BCUT2D eigenvalue weighted by Crippen LogP contribution is 2.11. The van der Waals surface area contributed by atoms with Gasteiger partial charge in [-0.1, -0.05) is 0 Å². The minimum Gasteiger partial charge on any atom is -0.303 e. The van der Waals surface area contributed by atoms with Crippen molar-refractivity contribution in [1.82, 2.24) is 15.0 Å². The van der Waals surface area contributed by atoms with Crippen LogP contribution < -0.4 is 16.7 Å². The predicted molar refractivity (Wildman–Crippen MR) is 51.9 cm³/mol. The number of hydrogen-bond donors (Lipinski definition) is 3. The number of nitrogen functional groups attached to an aromatic ring is 1. The van der Waals surface area contributed by atoms with Gasteiger partial charge in [-0.15, -0.1) is 0 Å². The van der Waals surface area contributed by atoms with E-state index in [9.17, 15) is 0 Å². The van der Waals surface area contributed by atoms with E-state index < -0.39 is 0 Å². The van der Waals surface area contributed by atoms with Gasteiger partial charge in [-0.25, -0.2) is 15.8 Å². The Morgan fingerprint density at radius 2 is 2.15 bits per heavy atom. The van der Waals surface area contributed by atoms with Gasteiger partial charge in [0.15, 0.2) is 0 Å². The molecule has 1 heterocycles. The minimum absolute atomic E-state index is 0.398. The van der Waals surface area contributed by atoms with E-state index in [1.54, 1.807) is 11.2 Å². The first kappa shape index (κ1) is 9.69. The lowest BCUT2D eigenvalue weighted by atomic mass is 10.3. The van der Waals surface area contributed by atoms with Gasteiger partial charge in [-0.3, -0.25) is 5.43 Å². The van der Waals surface area contributed by atoms with Crippen LogP contribution in [-0.2, 0) is 0 Å². The molecule has 0 amide bonds. The molecule has 1 aromatic heterocycles. The van der Waals surface area contributed by atoms with E-state index in [4.69, 9.17) is 5.84 Å². The van der Waals surface area contributed by atoms with Crippen molar-refractivity contribution in [2.75, 3.05) is 24.9 Å². The number of aryl methyl sites for hydroxylation is 1. The van der Waals surface area contributed by atoms with Crippen LogP contribution in [0.5, 0.6) is 0 Å². The van der Waals surface area contributed by atoms with E-state index in [1.807, 2.05) is 21.0 Å². The third kappa shape index (κ3) is 2.53. The first-order valence-electron chi connectivity index (χ1n) is 3.87. The van der Waals surface area contributed by atoms with Crippen LogP contribution in [0.15, 0.2) is 6.20 Å². The molecule has 0 aliphatic carbocycles. The maximum absolute atomic E-state index is 5.18. The number of hydrazine groups is 2. The van der Waals surface area contributed by atoms with Crippen molar-refractivity contribution in [3.05, 3.63) is 11.8 Å². The Kier molecular flexibility index (Phi) is 2.99. The molecule has 6 nitrogen and oxygen atoms in total. The Morgan fingerprint density at radius 1 is 1.46 bits per heavy atom. The molecule has 0 saturated carbocycles. The summed E-state index contributed by atoms with van der Waals surface area (Å²) in [5.74, 6) is 6.32. The van der Waals surface area contributed by atoms with E-state index in [1.165, 1.54) is 0 Å². The molecule has 0 aromatic carbocycles. The fourth-order valence-electron chi connectivity index (χ4n) is 0.837. The Morgan fingerprint density at radius 3 is 2.69 bits per heavy atom. The summed E-state index contributed by atoms with van der Waals surface area (Å²) >= 11 is 0. The second-order valence-corrected chi connectivity index (χ2v) is 2.88. The molecule has 72 valence electrons. The molecule has 0 saturated heterocycles. The van der Waals surface area contributed by atoms with Crippen LogP contribution >= 0.6 is 0 Å². The molecular formula is C7H14N6. The molecule has 0 radical (unpaired) electrons. The minimum atomic E-state index is 0.398. The van der Waals surface area contributed by atoms with Gasteiger partial charge in [0.1, 0.15) is 5.82 Å². The molecular weight excluding hydrogens is 168 g/mol. The van der Waals surface area contributed by atoms with Crippen LogP contribution in [0.3, 0.4) is 0 Å². The monoisotopic (exact) mass is 182 g/mol. The van der Waals surface area contributed by atoms with Gasteiger partial charge in [0.2, 0.25) is 5.95 Å². The Labute approximate surface area is 77.1 Å². The zero-order valence-electron chi connectivity index (χ0n) is 8.00. The van der Waals surface area contributed by atoms with Crippen LogP contribution in [0, 0.1) is 6.92 Å². The van der Waals surface area contributed by atoms with Gasteiger partial charge in [-0.2, -0.15) is 4.98 Å². The Balaban J connectivity index is 2.90. The van der Waals surface area contributed by atoms with Gasteiger partial charge in [0.25, 0.3) is 0 Å². The number of hydrogen-bond acceptors (Lipinski definition) is 6. The van der Waals surface area contributed by atoms with Crippen molar-refractivity contribution in [2.24, 2.45) is 5.84 Å². The summed E-state index contributed by atoms with van der Waals surface area (Å²) in [6.07, 6.45) is 1.70. The maximum atomic E-state index is 5.18. The summed E-state index contributed by atoms with van der Waals surface area (Å²) in [5.41, 5.74) is 6.39. The lowest BCUT2D eigenvalue weighted by Crippen LogP contribution is -2.22. The summed E-state index contributed by atoms with van der Waals surface area (Å²) in [6.45, 7) is 1.92. The van der Waals surface area contributed by atoms with E-state index in [0.29, 0.717) is 5.95 Å². The zero-order chi connectivity index (χ0) is 9.84. The molecule has 4 N–H and O–H groups in total. The first-order chi connectivity index (χ1) is 6.13. The summed E-state index contributed by atoms with van der Waals surface area (Å²) in [4.78, 5) is 8.09. The summed E-state index contributed by atoms with van der Waals surface area (Å²) in [5, 5.41) is 1.80. The van der Waals surface area contributed by atoms with Crippen molar-refractivity contribution in [2.45, 2.75) is 6.92 Å². The smallest absolute Gasteiger partial charge is 0.239 e. The van der Waals surface area contributed by atoms with E-state index >= 15 is 0 Å². The van der Waals surface area contributed by atoms with Crippen molar-refractivity contribution in [3.63, 3.8) is 0 Å². The highest BCUT2D eigenvalue weighted by molar-refractivity contribution is 5.45. The number of anilines is 2. The van der Waals surface area contributed by atoms with Gasteiger partial charge in [0, 0.05) is 25.9 Å². The number of nitrogens with zero attached hydrogens (tertiary/aromatic N) is 3. The first-order valence-corrected chi connectivity index (χ1v) is 3.87. The highest BCUT2D eigenvalue weighted by Gasteiger charge is 2.02. The van der Waals surface area contributed by atoms with Crippen molar-refractivity contribution >= 4 is 11.8 Å². The fraction of sp³-hybridized carbons (Fsp3) is 0.429. The third-order valence-corrected chi connectivity index (χ3v) is 1.43. The summed E-state index contributed by atoms with van der Waals surface area (Å²) in [7, 11) is 3.77. The molecule has 1 aromatic rings. The largest absolute Gasteiger partial charge is 0.303 e. The average Bonchev–Trinajstić information content (AvgIpc) is 2.08. The predicted octanol–water partition coefficient (Wildman–Crippen LogP) is -0.0409. The standard InChI is InChI=1S/C7H14N6/c1-5-4-9-7(11-8)10-6(5)12-13(2)3/h4H,8H2,1-3H3,(H2,9,10,11,12). The fourth-order valence-corrected chi connectivity index (χ4v) is 0.837. The van der Waals surface area contributed by atoms with Crippen LogP contribution in [0.25, 0.3) is 0 Å². The Hall–Kier alpha value is -1.40. The number of nitrogens with two attached hydrogens (primary N) is 1. The molecule has 0 aliphatic rings. The second-order valence-electron chi connectivity index (χ2n) is 2.88. The van der Waals surface area contributed by atoms with Gasteiger partial charge in [-0.05, 0) is 6.92 Å². The van der Waals surface area contributed by atoms with Crippen LogP contribution in [-0.4, -0.2) is 29.1 Å². The maximum Gasteiger partial charge on any atom is 0.239 e. The van der Waals surface area contributed by atoms with Crippen molar-refractivity contribution < 1.29 is 0 Å². The Bertz CT molecular complexity index is 284. The van der Waals surface area contributed by atoms with Gasteiger partial charge < -0.3 is 5.43 Å². The summed E-state index contributed by atoms with van der Waals surface area (Å²) < 4.78 is 0. The molecule has 1 rings (SSSR count). The molecule has 0 atom stereocenters. The zero-order valence-corrected chi connectivity index (χ0v) is 8.00. The SMILES string of the molecule is Cc1cnc(NN)nc1NN(C)C. The van der Waals surface area contributed by atoms with E-state index in [-0.39, 0.29) is 0 Å².